The molecule has 0 aliphatic heterocycles. The van der Waals surface area contributed by atoms with Crippen molar-refractivity contribution >= 4 is 16.8 Å². The third kappa shape index (κ3) is 4.58. The molecule has 1 amide bonds. The van der Waals surface area contributed by atoms with E-state index in [1.54, 1.807) is 30.1 Å². The van der Waals surface area contributed by atoms with Crippen LogP contribution in [0.15, 0.2) is 24.4 Å². The van der Waals surface area contributed by atoms with Gasteiger partial charge in [0.2, 0.25) is 11.8 Å². The Morgan fingerprint density at radius 2 is 2.11 bits per heavy atom. The van der Waals surface area contributed by atoms with Crippen LogP contribution < -0.4 is 14.8 Å². The Bertz CT molecular complexity index is 948. The van der Waals surface area contributed by atoms with E-state index in [2.05, 4.69) is 15.4 Å². The summed E-state index contributed by atoms with van der Waals surface area (Å²) in [4.78, 5) is 14.2. The molecular formula is C19H23FN4O3. The zero-order valence-corrected chi connectivity index (χ0v) is 15.6. The molecule has 0 saturated carbocycles. The molecular weight excluding hydrogens is 351 g/mol. The molecule has 0 radical (unpaired) electrons. The summed E-state index contributed by atoms with van der Waals surface area (Å²) in [6.45, 7) is 4.40. The lowest BCUT2D eigenvalue weighted by Crippen LogP contribution is -2.22. The molecule has 0 bridgehead atoms. The van der Waals surface area contributed by atoms with Crippen LogP contribution in [0.4, 0.5) is 4.39 Å². The first-order valence-corrected chi connectivity index (χ1v) is 8.74. The van der Waals surface area contributed by atoms with Crippen molar-refractivity contribution in [3.8, 4) is 11.6 Å². The number of rotatable bonds is 8. The molecule has 0 aliphatic carbocycles. The monoisotopic (exact) mass is 374 g/mol. The third-order valence-corrected chi connectivity index (χ3v) is 4.20. The number of amides is 1. The van der Waals surface area contributed by atoms with Crippen molar-refractivity contribution in [2.45, 2.75) is 20.3 Å². The van der Waals surface area contributed by atoms with E-state index >= 15 is 0 Å². The van der Waals surface area contributed by atoms with Gasteiger partial charge in [0.05, 0.1) is 0 Å². The van der Waals surface area contributed by atoms with E-state index in [0.717, 1.165) is 16.6 Å². The van der Waals surface area contributed by atoms with Crippen LogP contribution in [0, 0.1) is 12.7 Å². The molecule has 2 heterocycles. The van der Waals surface area contributed by atoms with Crippen LogP contribution in [0.2, 0.25) is 0 Å². The summed E-state index contributed by atoms with van der Waals surface area (Å²) in [6.07, 6.45) is 2.43. The minimum atomic E-state index is -0.435. The van der Waals surface area contributed by atoms with Gasteiger partial charge in [-0.15, -0.1) is 5.10 Å². The van der Waals surface area contributed by atoms with Gasteiger partial charge < -0.3 is 19.8 Å². The predicted molar refractivity (Wildman–Crippen MR) is 99.6 cm³/mol. The van der Waals surface area contributed by atoms with Gasteiger partial charge in [-0.3, -0.25) is 9.48 Å². The Kier molecular flexibility index (Phi) is 5.63. The zero-order chi connectivity index (χ0) is 19.4. The average molecular weight is 374 g/mol. The molecule has 7 nitrogen and oxygen atoms in total. The molecule has 2 aromatic heterocycles. The Morgan fingerprint density at radius 1 is 1.33 bits per heavy atom. The van der Waals surface area contributed by atoms with E-state index < -0.39 is 5.82 Å². The number of benzene rings is 1. The van der Waals surface area contributed by atoms with Crippen molar-refractivity contribution in [2.75, 3.05) is 19.8 Å². The molecule has 0 unspecified atom stereocenters. The van der Waals surface area contributed by atoms with E-state index in [-0.39, 0.29) is 24.9 Å². The number of aromatic nitrogens is 3. The first kappa shape index (κ1) is 18.8. The molecule has 0 fully saturated rings. The van der Waals surface area contributed by atoms with Gasteiger partial charge in [0.25, 0.3) is 0 Å². The summed E-state index contributed by atoms with van der Waals surface area (Å²) < 4.78 is 27.0. The van der Waals surface area contributed by atoms with E-state index in [1.807, 2.05) is 6.92 Å². The van der Waals surface area contributed by atoms with Crippen LogP contribution in [0.3, 0.4) is 0 Å². The van der Waals surface area contributed by atoms with Crippen LogP contribution in [-0.4, -0.2) is 40.4 Å². The number of H-pyrrole nitrogens is 1. The summed E-state index contributed by atoms with van der Waals surface area (Å²) in [5, 5.41) is 7.77. The van der Waals surface area contributed by atoms with Gasteiger partial charge in [-0.25, -0.2) is 4.39 Å². The van der Waals surface area contributed by atoms with Crippen molar-refractivity contribution < 1.29 is 18.7 Å². The van der Waals surface area contributed by atoms with Crippen molar-refractivity contribution in [1.29, 1.82) is 0 Å². The number of halogens is 1. The summed E-state index contributed by atoms with van der Waals surface area (Å²) in [5.74, 6) is 0.163. The van der Waals surface area contributed by atoms with Gasteiger partial charge in [0.15, 0.2) is 11.6 Å². The fourth-order valence-corrected chi connectivity index (χ4v) is 2.95. The number of carbonyl (C=O) groups is 1. The maximum atomic E-state index is 14.3. The third-order valence-electron chi connectivity index (χ3n) is 4.20. The fourth-order valence-electron chi connectivity index (χ4n) is 2.95. The van der Waals surface area contributed by atoms with Crippen LogP contribution in [0.25, 0.3) is 10.9 Å². The number of aryl methyl sites for hydroxylation is 2. The minimum absolute atomic E-state index is 0.0736. The number of ether oxygens (including phenoxy) is 2. The summed E-state index contributed by atoms with van der Waals surface area (Å²) in [7, 11) is 1.80. The highest BCUT2D eigenvalue weighted by atomic mass is 19.1. The van der Waals surface area contributed by atoms with Crippen LogP contribution in [0.1, 0.15) is 18.2 Å². The number of nitrogens with zero attached hydrogens (tertiary/aromatic N) is 2. The highest BCUT2D eigenvalue weighted by Gasteiger charge is 2.13. The quantitative estimate of drug-likeness (QED) is 0.594. The number of fused-ring (bicyclic) bond motifs is 1. The van der Waals surface area contributed by atoms with E-state index in [9.17, 15) is 9.18 Å². The largest absolute Gasteiger partial charge is 0.487 e. The van der Waals surface area contributed by atoms with Crippen molar-refractivity contribution in [3.63, 3.8) is 0 Å². The number of aromatic amines is 1. The lowest BCUT2D eigenvalue weighted by molar-refractivity contribution is -0.118. The Morgan fingerprint density at radius 3 is 2.81 bits per heavy atom. The van der Waals surface area contributed by atoms with E-state index in [4.69, 9.17) is 9.47 Å². The van der Waals surface area contributed by atoms with Crippen molar-refractivity contribution in [1.82, 2.24) is 20.1 Å². The van der Waals surface area contributed by atoms with Gasteiger partial charge in [-0.05, 0) is 25.0 Å². The van der Waals surface area contributed by atoms with Gasteiger partial charge in [0, 0.05) is 55.4 Å². The lowest BCUT2D eigenvalue weighted by Gasteiger charge is -2.09. The van der Waals surface area contributed by atoms with Crippen LogP contribution in [0.5, 0.6) is 11.6 Å². The second-order valence-electron chi connectivity index (χ2n) is 6.31. The summed E-state index contributed by atoms with van der Waals surface area (Å²) >= 11 is 0. The molecule has 0 spiro atoms. The second kappa shape index (κ2) is 8.11. The van der Waals surface area contributed by atoms with E-state index in [1.165, 1.54) is 13.0 Å². The average Bonchev–Trinajstić information content (AvgIpc) is 3.14. The topological polar surface area (TPSA) is 81.2 Å². The fraction of sp³-hybridized carbons (Fsp3) is 0.368. The molecule has 8 heteroatoms. The summed E-state index contributed by atoms with van der Waals surface area (Å²) in [6, 6.07) is 4.87. The smallest absolute Gasteiger partial charge is 0.232 e. The lowest BCUT2D eigenvalue weighted by atomic mass is 10.1. The van der Waals surface area contributed by atoms with Crippen molar-refractivity contribution in [2.24, 2.45) is 7.05 Å². The second-order valence-corrected chi connectivity index (χ2v) is 6.31. The van der Waals surface area contributed by atoms with Gasteiger partial charge in [-0.1, -0.05) is 0 Å². The molecule has 0 atom stereocenters. The molecule has 0 saturated heterocycles. The maximum Gasteiger partial charge on any atom is 0.232 e. The molecule has 3 rings (SSSR count). The number of hydrogen-bond donors (Lipinski definition) is 2. The summed E-state index contributed by atoms with van der Waals surface area (Å²) in [5.41, 5.74) is 2.69. The SMILES string of the molecule is CC(=O)NCCc1c(C)[nH]c2cc(F)c(OCCOc3ccn(C)n3)cc12. The van der Waals surface area contributed by atoms with Gasteiger partial charge in [0.1, 0.15) is 13.2 Å². The number of carbonyl (C=O) groups excluding carboxylic acids is 1. The minimum Gasteiger partial charge on any atom is -0.487 e. The predicted octanol–water partition coefficient (Wildman–Crippen LogP) is 2.49. The first-order valence-electron chi connectivity index (χ1n) is 8.74. The molecule has 1 aromatic carbocycles. The first-order chi connectivity index (χ1) is 12.9. The normalized spacial score (nSPS) is 11.0. The molecule has 27 heavy (non-hydrogen) atoms. The highest BCUT2D eigenvalue weighted by Crippen LogP contribution is 2.29. The van der Waals surface area contributed by atoms with Crippen LogP contribution >= 0.6 is 0 Å². The standard InChI is InChI=1S/C19H23FN4O3/c1-12-14(4-6-21-13(2)25)15-10-18(16(20)11-17(15)22-12)26-8-9-27-19-5-7-24(3)23-19/h5,7,10-11,22H,4,6,8-9H2,1-3H3,(H,21,25). The number of nitrogens with one attached hydrogen (secondary N) is 2. The number of hydrogen-bond acceptors (Lipinski definition) is 4. The van der Waals surface area contributed by atoms with Gasteiger partial charge >= 0.3 is 0 Å². The zero-order valence-electron chi connectivity index (χ0n) is 15.6. The molecule has 3 aromatic rings. The Labute approximate surface area is 156 Å². The Hall–Kier alpha value is -3.03. The Balaban J connectivity index is 1.67. The molecule has 2 N–H and O–H groups in total. The van der Waals surface area contributed by atoms with Gasteiger partial charge in [-0.2, -0.15) is 0 Å². The molecule has 0 aliphatic rings. The van der Waals surface area contributed by atoms with Crippen LogP contribution in [-0.2, 0) is 18.3 Å². The highest BCUT2D eigenvalue weighted by molar-refractivity contribution is 5.86. The van der Waals surface area contributed by atoms with Crippen molar-refractivity contribution in [3.05, 3.63) is 41.5 Å². The van der Waals surface area contributed by atoms with E-state index in [0.29, 0.717) is 24.4 Å². The molecule has 144 valence electrons. The maximum absolute atomic E-state index is 14.3.